The molecule has 0 spiro atoms. The van der Waals surface area contributed by atoms with Gasteiger partial charge in [0.2, 0.25) is 0 Å². The Balaban J connectivity index is 1.65. The van der Waals surface area contributed by atoms with Crippen LogP contribution in [-0.4, -0.2) is 30.0 Å². The summed E-state index contributed by atoms with van der Waals surface area (Å²) < 4.78 is 41.0. The molecule has 2 atom stereocenters. The van der Waals surface area contributed by atoms with Gasteiger partial charge in [0, 0.05) is 12.2 Å². The van der Waals surface area contributed by atoms with Gasteiger partial charge in [0.15, 0.2) is 0 Å². The van der Waals surface area contributed by atoms with Crippen LogP contribution < -0.4 is 9.64 Å². The highest BCUT2D eigenvalue weighted by molar-refractivity contribution is 5.79. The topological polar surface area (TPSA) is 49.8 Å². The predicted molar refractivity (Wildman–Crippen MR) is 105 cm³/mol. The summed E-state index contributed by atoms with van der Waals surface area (Å²) in [5.74, 6) is 0.121. The fraction of sp³-hybridized carbons (Fsp3) is 0.682. The molecule has 3 rings (SSSR count). The van der Waals surface area contributed by atoms with Gasteiger partial charge in [0.25, 0.3) is 0 Å². The number of carbonyl (C=O) groups is 1. The van der Waals surface area contributed by atoms with E-state index in [1.165, 1.54) is 56.4 Å². The number of alkyl halides is 3. The number of anilines is 1. The Hall–Kier alpha value is -1.92. The molecule has 0 aromatic heterocycles. The van der Waals surface area contributed by atoms with Gasteiger partial charge in [-0.3, -0.25) is 0 Å². The number of nitrogens with zero attached hydrogens (tertiary/aromatic N) is 1. The van der Waals surface area contributed by atoms with Crippen LogP contribution in [0.15, 0.2) is 24.3 Å². The Bertz CT molecular complexity index is 669. The zero-order chi connectivity index (χ0) is 21.0. The molecule has 0 unspecified atom stereocenters. The monoisotopic (exact) mass is 413 g/mol. The number of carboxylic acid groups (broad SMARTS) is 1. The summed E-state index contributed by atoms with van der Waals surface area (Å²) in [6.45, 7) is 2.81. The van der Waals surface area contributed by atoms with Crippen molar-refractivity contribution in [3.63, 3.8) is 0 Å². The fourth-order valence-corrected chi connectivity index (χ4v) is 5.15. The molecule has 1 aromatic carbocycles. The molecule has 0 bridgehead atoms. The van der Waals surface area contributed by atoms with Gasteiger partial charge < -0.3 is 14.7 Å². The Kier molecular flexibility index (Phi) is 6.96. The van der Waals surface area contributed by atoms with Gasteiger partial charge in [0.1, 0.15) is 11.8 Å². The maximum Gasteiger partial charge on any atom is 0.573 e. The summed E-state index contributed by atoms with van der Waals surface area (Å²) in [6.07, 6.45) is 4.33. The molecule has 162 valence electrons. The van der Waals surface area contributed by atoms with Crippen LogP contribution in [0.4, 0.5) is 18.9 Å². The van der Waals surface area contributed by atoms with Gasteiger partial charge in [-0.25, -0.2) is 4.79 Å². The van der Waals surface area contributed by atoms with Crippen LogP contribution in [-0.2, 0) is 4.79 Å². The second-order valence-corrected chi connectivity index (χ2v) is 8.39. The van der Waals surface area contributed by atoms with Gasteiger partial charge in [-0.15, -0.1) is 13.2 Å². The number of unbranched alkanes of at least 4 members (excludes halogenated alkanes) is 1. The molecular formula is C22H30F3NO3. The maximum atomic E-state index is 12.4. The van der Waals surface area contributed by atoms with E-state index in [2.05, 4.69) is 11.7 Å². The first-order valence-corrected chi connectivity index (χ1v) is 10.6. The number of hydrogen-bond donors (Lipinski definition) is 1. The van der Waals surface area contributed by atoms with Crippen molar-refractivity contribution in [2.75, 3.05) is 11.4 Å². The van der Waals surface area contributed by atoms with Crippen molar-refractivity contribution in [1.82, 2.24) is 0 Å². The van der Waals surface area contributed by atoms with Crippen LogP contribution in [0, 0.1) is 17.8 Å². The minimum absolute atomic E-state index is 0.0886. The molecule has 1 saturated carbocycles. The number of rotatable bonds is 7. The van der Waals surface area contributed by atoms with Crippen LogP contribution in [0.2, 0.25) is 0 Å². The smallest absolute Gasteiger partial charge is 0.480 e. The Morgan fingerprint density at radius 1 is 1.14 bits per heavy atom. The first kappa shape index (κ1) is 21.8. The first-order chi connectivity index (χ1) is 13.8. The minimum atomic E-state index is -4.74. The second-order valence-electron chi connectivity index (χ2n) is 8.39. The Labute approximate surface area is 170 Å². The van der Waals surface area contributed by atoms with Crippen LogP contribution in [0.25, 0.3) is 0 Å². The van der Waals surface area contributed by atoms with Crippen LogP contribution in [0.1, 0.15) is 58.3 Å². The molecule has 29 heavy (non-hydrogen) atoms. The highest BCUT2D eigenvalue weighted by Gasteiger charge is 2.44. The second kappa shape index (κ2) is 9.26. The Morgan fingerprint density at radius 2 is 1.79 bits per heavy atom. The van der Waals surface area contributed by atoms with Crippen molar-refractivity contribution >= 4 is 11.7 Å². The van der Waals surface area contributed by atoms with E-state index in [0.717, 1.165) is 25.2 Å². The van der Waals surface area contributed by atoms with Gasteiger partial charge in [-0.1, -0.05) is 39.0 Å². The number of hydrogen-bond acceptors (Lipinski definition) is 3. The number of carboxylic acids is 1. The van der Waals surface area contributed by atoms with Crippen molar-refractivity contribution in [3.05, 3.63) is 24.3 Å². The molecule has 0 amide bonds. The molecule has 4 nitrogen and oxygen atoms in total. The van der Waals surface area contributed by atoms with Crippen LogP contribution >= 0.6 is 0 Å². The van der Waals surface area contributed by atoms with Gasteiger partial charge >= 0.3 is 12.3 Å². The van der Waals surface area contributed by atoms with Crippen LogP contribution in [0.3, 0.4) is 0 Å². The number of halogens is 3. The van der Waals surface area contributed by atoms with E-state index in [1.54, 1.807) is 0 Å². The molecule has 2 aliphatic rings. The molecule has 1 saturated heterocycles. The summed E-state index contributed by atoms with van der Waals surface area (Å²) in [5, 5.41) is 9.91. The highest BCUT2D eigenvalue weighted by atomic mass is 19.4. The molecule has 1 aliphatic heterocycles. The van der Waals surface area contributed by atoms with Crippen molar-refractivity contribution in [2.45, 2.75) is 70.7 Å². The van der Waals surface area contributed by atoms with E-state index >= 15 is 0 Å². The number of benzene rings is 1. The van der Waals surface area contributed by atoms with E-state index in [9.17, 15) is 23.1 Å². The SMILES string of the molecule is CCCCC1CCC([C@H]2CCN(c3ccc(OC(F)(F)F)cc3)[C@@H]2C(=O)O)CC1. The molecule has 1 aliphatic carbocycles. The van der Waals surface area contributed by atoms with E-state index in [4.69, 9.17) is 0 Å². The lowest BCUT2D eigenvalue weighted by Gasteiger charge is -2.35. The highest BCUT2D eigenvalue weighted by Crippen LogP contribution is 2.43. The largest absolute Gasteiger partial charge is 0.573 e. The van der Waals surface area contributed by atoms with Crippen molar-refractivity contribution in [1.29, 1.82) is 0 Å². The summed E-state index contributed by atoms with van der Waals surface area (Å²) in [7, 11) is 0. The number of aliphatic carboxylic acids is 1. The normalized spacial score (nSPS) is 27.8. The molecule has 1 heterocycles. The molecule has 1 aromatic rings. The third kappa shape index (κ3) is 5.58. The molecule has 2 fully saturated rings. The standard InChI is InChI=1S/C22H30F3NO3/c1-2-3-4-15-5-7-16(8-6-15)19-13-14-26(20(19)21(27)28)17-9-11-18(12-10-17)29-22(23,24)25/h9-12,15-16,19-20H,2-8,13-14H2,1H3,(H,27,28)/t15?,16?,19-,20+/m1/s1. The van der Waals surface area contributed by atoms with Crippen molar-refractivity contribution < 1.29 is 27.8 Å². The van der Waals surface area contributed by atoms with Crippen molar-refractivity contribution in [2.24, 2.45) is 17.8 Å². The number of ether oxygens (including phenoxy) is 1. The molecule has 7 heteroatoms. The zero-order valence-electron chi connectivity index (χ0n) is 16.8. The lowest BCUT2D eigenvalue weighted by molar-refractivity contribution is -0.274. The van der Waals surface area contributed by atoms with E-state index in [-0.39, 0.29) is 11.7 Å². The average Bonchev–Trinajstić information content (AvgIpc) is 3.11. The first-order valence-electron chi connectivity index (χ1n) is 10.6. The van der Waals surface area contributed by atoms with Crippen molar-refractivity contribution in [3.8, 4) is 5.75 Å². The quantitative estimate of drug-likeness (QED) is 0.608. The molecular weight excluding hydrogens is 383 g/mol. The van der Waals surface area contributed by atoms with E-state index in [0.29, 0.717) is 18.2 Å². The molecule has 1 N–H and O–H groups in total. The Morgan fingerprint density at radius 3 is 2.34 bits per heavy atom. The molecule has 0 radical (unpaired) electrons. The zero-order valence-corrected chi connectivity index (χ0v) is 16.8. The maximum absolute atomic E-state index is 12.4. The third-order valence-corrected chi connectivity index (χ3v) is 6.56. The van der Waals surface area contributed by atoms with E-state index in [1.807, 2.05) is 4.90 Å². The third-order valence-electron chi connectivity index (χ3n) is 6.56. The summed E-state index contributed by atoms with van der Waals surface area (Å²) in [4.78, 5) is 13.9. The van der Waals surface area contributed by atoms with E-state index < -0.39 is 18.4 Å². The predicted octanol–water partition coefficient (Wildman–Crippen LogP) is 5.86. The summed E-state index contributed by atoms with van der Waals surface area (Å²) in [5.41, 5.74) is 0.631. The average molecular weight is 413 g/mol. The minimum Gasteiger partial charge on any atom is -0.480 e. The van der Waals surface area contributed by atoms with Gasteiger partial charge in [-0.05, 0) is 61.3 Å². The lowest BCUT2D eigenvalue weighted by Crippen LogP contribution is -2.42. The fourth-order valence-electron chi connectivity index (χ4n) is 5.15. The van der Waals surface area contributed by atoms with Gasteiger partial charge in [0.05, 0.1) is 0 Å². The lowest BCUT2D eigenvalue weighted by atomic mass is 9.72. The summed E-state index contributed by atoms with van der Waals surface area (Å²) in [6, 6.07) is 4.89. The van der Waals surface area contributed by atoms with Gasteiger partial charge in [-0.2, -0.15) is 0 Å². The van der Waals surface area contributed by atoms with Crippen LogP contribution in [0.5, 0.6) is 5.75 Å². The summed E-state index contributed by atoms with van der Waals surface area (Å²) >= 11 is 0.